The minimum Gasteiger partial charge on any atom is -0.322 e. The third-order valence-electron chi connectivity index (χ3n) is 4.15. The van der Waals surface area contributed by atoms with Gasteiger partial charge in [-0.1, -0.05) is 6.07 Å². The van der Waals surface area contributed by atoms with Crippen LogP contribution >= 0.6 is 0 Å². The van der Waals surface area contributed by atoms with Crippen LogP contribution in [0.4, 0.5) is 5.69 Å². The lowest BCUT2D eigenvalue weighted by Crippen LogP contribution is -2.12. The second-order valence-electron chi connectivity index (χ2n) is 6.14. The number of aromatic nitrogens is 2. The first-order chi connectivity index (χ1) is 11.4. The molecule has 0 aliphatic heterocycles. The summed E-state index contributed by atoms with van der Waals surface area (Å²) in [5.41, 5.74) is 6.80. The molecule has 0 unspecified atom stereocenters. The molecule has 0 atom stereocenters. The number of benzene rings is 2. The number of hydrogen-bond acceptors (Lipinski definition) is 2. The fourth-order valence-corrected chi connectivity index (χ4v) is 2.67. The van der Waals surface area contributed by atoms with E-state index in [9.17, 15) is 4.79 Å². The molecule has 1 N–H and O–H groups in total. The van der Waals surface area contributed by atoms with E-state index >= 15 is 0 Å². The number of aryl methyl sites for hydroxylation is 4. The van der Waals surface area contributed by atoms with Gasteiger partial charge in [-0.3, -0.25) is 4.79 Å². The van der Waals surface area contributed by atoms with Crippen LogP contribution in [-0.4, -0.2) is 15.7 Å². The number of carbonyl (C=O) groups is 1. The first kappa shape index (κ1) is 16.0. The molecule has 3 rings (SSSR count). The third-order valence-corrected chi connectivity index (χ3v) is 4.15. The molecule has 0 aliphatic carbocycles. The Kier molecular flexibility index (Phi) is 4.21. The Morgan fingerprint density at radius 2 is 1.62 bits per heavy atom. The summed E-state index contributed by atoms with van der Waals surface area (Å²) in [5, 5.41) is 7.40. The SMILES string of the molecule is Cc1cc(C)n(-c2ccc(C(=O)Nc3ccc(C)c(C)c3)cc2)n1. The second kappa shape index (κ2) is 6.32. The average Bonchev–Trinajstić information content (AvgIpc) is 2.89. The van der Waals surface area contributed by atoms with Crippen molar-refractivity contribution in [3.05, 3.63) is 76.6 Å². The van der Waals surface area contributed by atoms with Gasteiger partial charge >= 0.3 is 0 Å². The molecule has 24 heavy (non-hydrogen) atoms. The standard InChI is InChI=1S/C20H21N3O/c1-13-5-8-18(11-14(13)2)21-20(24)17-6-9-19(10-7-17)23-16(4)12-15(3)22-23/h5-12H,1-4H3,(H,21,24). The predicted octanol–water partition coefficient (Wildman–Crippen LogP) is 4.36. The number of nitrogens with one attached hydrogen (secondary N) is 1. The molecule has 0 aliphatic rings. The Labute approximate surface area is 142 Å². The molecule has 0 saturated heterocycles. The highest BCUT2D eigenvalue weighted by molar-refractivity contribution is 6.04. The topological polar surface area (TPSA) is 46.9 Å². The van der Waals surface area contributed by atoms with E-state index in [1.807, 2.05) is 74.0 Å². The summed E-state index contributed by atoms with van der Waals surface area (Å²) in [5.74, 6) is -0.113. The molecule has 122 valence electrons. The van der Waals surface area contributed by atoms with E-state index in [4.69, 9.17) is 0 Å². The molecule has 0 radical (unpaired) electrons. The van der Waals surface area contributed by atoms with Gasteiger partial charge in [-0.05, 0) is 81.3 Å². The summed E-state index contributed by atoms with van der Waals surface area (Å²) < 4.78 is 1.88. The lowest BCUT2D eigenvalue weighted by Gasteiger charge is -2.09. The van der Waals surface area contributed by atoms with Gasteiger partial charge in [-0.2, -0.15) is 5.10 Å². The van der Waals surface area contributed by atoms with E-state index in [-0.39, 0.29) is 5.91 Å². The van der Waals surface area contributed by atoms with Crippen LogP contribution in [0.3, 0.4) is 0 Å². The molecule has 4 heteroatoms. The van der Waals surface area contributed by atoms with E-state index in [2.05, 4.69) is 17.3 Å². The number of amides is 1. The zero-order chi connectivity index (χ0) is 17.3. The van der Waals surface area contributed by atoms with Gasteiger partial charge in [-0.25, -0.2) is 4.68 Å². The first-order valence-corrected chi connectivity index (χ1v) is 7.96. The Hall–Kier alpha value is -2.88. The van der Waals surface area contributed by atoms with Crippen LogP contribution in [0.5, 0.6) is 0 Å². The van der Waals surface area contributed by atoms with Crippen LogP contribution in [0.25, 0.3) is 5.69 Å². The van der Waals surface area contributed by atoms with Crippen LogP contribution in [0.2, 0.25) is 0 Å². The third kappa shape index (κ3) is 3.23. The minimum atomic E-state index is -0.113. The van der Waals surface area contributed by atoms with Crippen LogP contribution in [0.1, 0.15) is 32.9 Å². The van der Waals surface area contributed by atoms with Gasteiger partial charge in [0.1, 0.15) is 0 Å². The van der Waals surface area contributed by atoms with Gasteiger partial charge in [0, 0.05) is 16.9 Å². The van der Waals surface area contributed by atoms with E-state index in [1.54, 1.807) is 0 Å². The van der Waals surface area contributed by atoms with Crippen molar-refractivity contribution in [2.45, 2.75) is 27.7 Å². The molecule has 4 nitrogen and oxygen atoms in total. The number of nitrogens with zero attached hydrogens (tertiary/aromatic N) is 2. The zero-order valence-corrected chi connectivity index (χ0v) is 14.4. The normalized spacial score (nSPS) is 10.7. The summed E-state index contributed by atoms with van der Waals surface area (Å²) in [6.45, 7) is 8.07. The van der Waals surface area contributed by atoms with Crippen molar-refractivity contribution in [1.82, 2.24) is 9.78 Å². The maximum Gasteiger partial charge on any atom is 0.255 e. The molecule has 1 heterocycles. The minimum absolute atomic E-state index is 0.113. The fourth-order valence-electron chi connectivity index (χ4n) is 2.67. The monoisotopic (exact) mass is 319 g/mol. The van der Waals surface area contributed by atoms with Gasteiger partial charge < -0.3 is 5.32 Å². The van der Waals surface area contributed by atoms with Crippen molar-refractivity contribution in [2.24, 2.45) is 0 Å². The summed E-state index contributed by atoms with van der Waals surface area (Å²) in [4.78, 5) is 12.4. The average molecular weight is 319 g/mol. The van der Waals surface area contributed by atoms with Crippen molar-refractivity contribution >= 4 is 11.6 Å². The Morgan fingerprint density at radius 3 is 2.21 bits per heavy atom. The molecule has 2 aromatic carbocycles. The molecule has 1 aromatic heterocycles. The van der Waals surface area contributed by atoms with Gasteiger partial charge in [0.25, 0.3) is 5.91 Å². The first-order valence-electron chi connectivity index (χ1n) is 7.96. The highest BCUT2D eigenvalue weighted by Gasteiger charge is 2.08. The summed E-state index contributed by atoms with van der Waals surface area (Å²) >= 11 is 0. The van der Waals surface area contributed by atoms with Crippen molar-refractivity contribution in [1.29, 1.82) is 0 Å². The highest BCUT2D eigenvalue weighted by Crippen LogP contribution is 2.17. The van der Waals surface area contributed by atoms with Gasteiger partial charge in [0.2, 0.25) is 0 Å². The Morgan fingerprint density at radius 1 is 0.917 bits per heavy atom. The molecule has 3 aromatic rings. The summed E-state index contributed by atoms with van der Waals surface area (Å²) in [7, 11) is 0. The highest BCUT2D eigenvalue weighted by atomic mass is 16.1. The van der Waals surface area contributed by atoms with Gasteiger partial charge in [0.15, 0.2) is 0 Å². The van der Waals surface area contributed by atoms with Crippen molar-refractivity contribution in [2.75, 3.05) is 5.32 Å². The van der Waals surface area contributed by atoms with E-state index in [0.29, 0.717) is 5.56 Å². The fraction of sp³-hybridized carbons (Fsp3) is 0.200. The molecule has 0 saturated carbocycles. The molecule has 0 fully saturated rings. The Bertz CT molecular complexity index is 892. The van der Waals surface area contributed by atoms with Crippen LogP contribution in [-0.2, 0) is 0 Å². The van der Waals surface area contributed by atoms with E-state index < -0.39 is 0 Å². The molecular formula is C20H21N3O. The summed E-state index contributed by atoms with van der Waals surface area (Å²) in [6, 6.07) is 15.4. The predicted molar refractivity (Wildman–Crippen MR) is 96.9 cm³/mol. The maximum atomic E-state index is 12.4. The number of rotatable bonds is 3. The number of carbonyl (C=O) groups excluding carboxylic acids is 1. The molecule has 1 amide bonds. The summed E-state index contributed by atoms with van der Waals surface area (Å²) in [6.07, 6.45) is 0. The van der Waals surface area contributed by atoms with Crippen LogP contribution in [0, 0.1) is 27.7 Å². The second-order valence-corrected chi connectivity index (χ2v) is 6.14. The maximum absolute atomic E-state index is 12.4. The number of anilines is 1. The van der Waals surface area contributed by atoms with Crippen molar-refractivity contribution in [3.63, 3.8) is 0 Å². The van der Waals surface area contributed by atoms with E-state index in [0.717, 1.165) is 28.3 Å². The van der Waals surface area contributed by atoms with Gasteiger partial charge in [0.05, 0.1) is 11.4 Å². The zero-order valence-electron chi connectivity index (χ0n) is 14.4. The Balaban J connectivity index is 1.78. The smallest absolute Gasteiger partial charge is 0.255 e. The van der Waals surface area contributed by atoms with Crippen LogP contribution < -0.4 is 5.32 Å². The van der Waals surface area contributed by atoms with Gasteiger partial charge in [-0.15, -0.1) is 0 Å². The largest absolute Gasteiger partial charge is 0.322 e. The van der Waals surface area contributed by atoms with Crippen LogP contribution in [0.15, 0.2) is 48.5 Å². The number of hydrogen-bond donors (Lipinski definition) is 1. The molecule has 0 bridgehead atoms. The molecular weight excluding hydrogens is 298 g/mol. The lowest BCUT2D eigenvalue weighted by atomic mass is 10.1. The molecule has 0 spiro atoms. The van der Waals surface area contributed by atoms with Crippen molar-refractivity contribution in [3.8, 4) is 5.69 Å². The van der Waals surface area contributed by atoms with Crippen molar-refractivity contribution < 1.29 is 4.79 Å². The van der Waals surface area contributed by atoms with E-state index in [1.165, 1.54) is 5.56 Å². The lowest BCUT2D eigenvalue weighted by molar-refractivity contribution is 0.102. The quantitative estimate of drug-likeness (QED) is 0.780.